The van der Waals surface area contributed by atoms with Crippen molar-refractivity contribution in [2.24, 2.45) is 11.8 Å². The first-order valence-corrected chi connectivity index (χ1v) is 7.33. The van der Waals surface area contributed by atoms with E-state index in [0.29, 0.717) is 37.5 Å². The Bertz CT molecular complexity index is 300. The third-order valence-corrected chi connectivity index (χ3v) is 4.90. The fourth-order valence-corrected chi connectivity index (χ4v) is 3.65. The highest BCUT2D eigenvalue weighted by molar-refractivity contribution is 4.78. The van der Waals surface area contributed by atoms with Crippen LogP contribution in [0, 0.1) is 32.1 Å². The maximum atomic E-state index is 10.7. The van der Waals surface area contributed by atoms with Crippen molar-refractivity contribution < 1.29 is 9.85 Å². The minimum atomic E-state index is -0.332. The van der Waals surface area contributed by atoms with E-state index in [2.05, 4.69) is 0 Å². The summed E-state index contributed by atoms with van der Waals surface area (Å²) in [4.78, 5) is 21.1. The minimum Gasteiger partial charge on any atom is -0.264 e. The molecule has 6 heteroatoms. The standard InChI is InChI=1S/C13H22N2O4/c16-14(17)12-5-1-10(2-6-12)9-11-3-7-13(8-4-11)15(18)19/h10-13H,1-9H2. The Kier molecular flexibility index (Phi) is 4.71. The average Bonchev–Trinajstić information content (AvgIpc) is 2.40. The van der Waals surface area contributed by atoms with Crippen molar-refractivity contribution in [1.29, 1.82) is 0 Å². The van der Waals surface area contributed by atoms with Gasteiger partial charge in [-0.05, 0) is 43.9 Å². The normalized spacial score (nSPS) is 35.8. The van der Waals surface area contributed by atoms with Crippen LogP contribution in [0.15, 0.2) is 0 Å². The van der Waals surface area contributed by atoms with Gasteiger partial charge in [0, 0.05) is 35.5 Å². The van der Waals surface area contributed by atoms with Gasteiger partial charge in [-0.15, -0.1) is 0 Å². The van der Waals surface area contributed by atoms with Crippen LogP contribution in [0.25, 0.3) is 0 Å². The summed E-state index contributed by atoms with van der Waals surface area (Å²) in [5.41, 5.74) is 0. The Hall–Kier alpha value is -1.20. The molecule has 0 spiro atoms. The summed E-state index contributed by atoms with van der Waals surface area (Å²) in [5, 5.41) is 21.4. The number of nitrogens with zero attached hydrogens (tertiary/aromatic N) is 2. The van der Waals surface area contributed by atoms with E-state index in [1.54, 1.807) is 0 Å². The topological polar surface area (TPSA) is 86.3 Å². The van der Waals surface area contributed by atoms with Crippen LogP contribution in [0.5, 0.6) is 0 Å². The van der Waals surface area contributed by atoms with Crippen LogP contribution in [0.1, 0.15) is 57.8 Å². The maximum absolute atomic E-state index is 10.7. The molecule has 0 aromatic carbocycles. The van der Waals surface area contributed by atoms with E-state index in [9.17, 15) is 20.2 Å². The van der Waals surface area contributed by atoms with Crippen LogP contribution >= 0.6 is 0 Å². The van der Waals surface area contributed by atoms with Gasteiger partial charge in [0.25, 0.3) is 0 Å². The summed E-state index contributed by atoms with van der Waals surface area (Å²) in [7, 11) is 0. The number of rotatable bonds is 4. The van der Waals surface area contributed by atoms with Crippen molar-refractivity contribution in [1.82, 2.24) is 0 Å². The number of hydrogen-bond acceptors (Lipinski definition) is 4. The molecule has 2 rings (SSSR count). The molecule has 0 radical (unpaired) electrons. The van der Waals surface area contributed by atoms with E-state index in [-0.39, 0.29) is 21.9 Å². The van der Waals surface area contributed by atoms with Gasteiger partial charge in [0.2, 0.25) is 12.1 Å². The van der Waals surface area contributed by atoms with E-state index in [0.717, 1.165) is 32.1 Å². The molecule has 0 amide bonds. The lowest BCUT2D eigenvalue weighted by Gasteiger charge is -2.30. The van der Waals surface area contributed by atoms with Crippen molar-refractivity contribution in [3.8, 4) is 0 Å². The average molecular weight is 270 g/mol. The van der Waals surface area contributed by atoms with Crippen molar-refractivity contribution in [3.63, 3.8) is 0 Å². The Labute approximate surface area is 112 Å². The van der Waals surface area contributed by atoms with Gasteiger partial charge in [-0.1, -0.05) is 0 Å². The van der Waals surface area contributed by atoms with Crippen molar-refractivity contribution in [2.45, 2.75) is 69.9 Å². The van der Waals surface area contributed by atoms with Gasteiger partial charge in [-0.3, -0.25) is 20.2 Å². The molecule has 0 saturated heterocycles. The Morgan fingerprint density at radius 2 is 1.00 bits per heavy atom. The molecule has 19 heavy (non-hydrogen) atoms. The molecule has 0 unspecified atom stereocenters. The predicted octanol–water partition coefficient (Wildman–Crippen LogP) is 3.05. The molecule has 2 saturated carbocycles. The van der Waals surface area contributed by atoms with Crippen LogP contribution in [0.2, 0.25) is 0 Å². The van der Waals surface area contributed by atoms with Crippen LogP contribution in [-0.4, -0.2) is 21.9 Å². The van der Waals surface area contributed by atoms with Gasteiger partial charge in [-0.2, -0.15) is 0 Å². The molecule has 0 aliphatic heterocycles. The molecular formula is C13H22N2O4. The highest BCUT2D eigenvalue weighted by Gasteiger charge is 2.32. The summed E-state index contributed by atoms with van der Waals surface area (Å²) < 4.78 is 0. The fraction of sp³-hybridized carbons (Fsp3) is 1.00. The molecular weight excluding hydrogens is 248 g/mol. The molecule has 0 N–H and O–H groups in total. The van der Waals surface area contributed by atoms with E-state index >= 15 is 0 Å². The molecule has 0 aromatic rings. The zero-order valence-corrected chi connectivity index (χ0v) is 11.2. The van der Waals surface area contributed by atoms with Crippen molar-refractivity contribution >= 4 is 0 Å². The summed E-state index contributed by atoms with van der Waals surface area (Å²) in [6.45, 7) is 0. The van der Waals surface area contributed by atoms with Gasteiger partial charge in [0.15, 0.2) is 0 Å². The van der Waals surface area contributed by atoms with Gasteiger partial charge in [0.1, 0.15) is 0 Å². The number of nitro groups is 2. The van der Waals surface area contributed by atoms with Crippen LogP contribution in [0.4, 0.5) is 0 Å². The minimum absolute atomic E-state index is 0.140. The first kappa shape index (κ1) is 14.2. The molecule has 0 aromatic heterocycles. The summed E-state index contributed by atoms with van der Waals surface area (Å²) in [5.74, 6) is 1.21. The highest BCUT2D eigenvalue weighted by Crippen LogP contribution is 2.36. The molecule has 6 nitrogen and oxygen atoms in total. The zero-order chi connectivity index (χ0) is 13.8. The molecule has 2 fully saturated rings. The van der Waals surface area contributed by atoms with Crippen molar-refractivity contribution in [3.05, 3.63) is 20.2 Å². The van der Waals surface area contributed by atoms with Gasteiger partial charge in [0.05, 0.1) is 0 Å². The molecule has 2 aliphatic carbocycles. The second-order valence-electron chi connectivity index (χ2n) is 6.16. The Balaban J connectivity index is 1.69. The first-order chi connectivity index (χ1) is 9.06. The highest BCUT2D eigenvalue weighted by atomic mass is 16.6. The SMILES string of the molecule is O=[N+]([O-])C1CCC(CC2CCC([N+](=O)[O-])CC2)CC1. The molecule has 0 bridgehead atoms. The van der Waals surface area contributed by atoms with E-state index in [4.69, 9.17) is 0 Å². The number of hydrogen-bond donors (Lipinski definition) is 0. The predicted molar refractivity (Wildman–Crippen MR) is 70.1 cm³/mol. The quantitative estimate of drug-likeness (QED) is 0.580. The van der Waals surface area contributed by atoms with Gasteiger partial charge in [-0.25, -0.2) is 0 Å². The van der Waals surface area contributed by atoms with Crippen LogP contribution in [0.3, 0.4) is 0 Å². The molecule has 2 aliphatic rings. The smallest absolute Gasteiger partial charge is 0.213 e. The lowest BCUT2D eigenvalue weighted by molar-refractivity contribution is -0.527. The second-order valence-corrected chi connectivity index (χ2v) is 6.16. The summed E-state index contributed by atoms with van der Waals surface area (Å²) in [6, 6.07) is -0.664. The van der Waals surface area contributed by atoms with Gasteiger partial charge < -0.3 is 0 Å². The lowest BCUT2D eigenvalue weighted by Crippen LogP contribution is -2.29. The summed E-state index contributed by atoms with van der Waals surface area (Å²) in [6.07, 6.45) is 7.80. The molecule has 108 valence electrons. The molecule has 0 atom stereocenters. The van der Waals surface area contributed by atoms with Crippen LogP contribution < -0.4 is 0 Å². The Morgan fingerprint density at radius 1 is 0.684 bits per heavy atom. The zero-order valence-electron chi connectivity index (χ0n) is 11.2. The third-order valence-electron chi connectivity index (χ3n) is 4.90. The largest absolute Gasteiger partial charge is 0.264 e. The third kappa shape index (κ3) is 3.88. The molecule has 0 heterocycles. The van der Waals surface area contributed by atoms with Crippen LogP contribution in [-0.2, 0) is 0 Å². The lowest BCUT2D eigenvalue weighted by atomic mass is 9.76. The summed E-state index contributed by atoms with van der Waals surface area (Å²) >= 11 is 0. The first-order valence-electron chi connectivity index (χ1n) is 7.33. The maximum Gasteiger partial charge on any atom is 0.213 e. The second kappa shape index (κ2) is 6.30. The monoisotopic (exact) mass is 270 g/mol. The van der Waals surface area contributed by atoms with E-state index in [1.165, 1.54) is 0 Å². The van der Waals surface area contributed by atoms with E-state index in [1.807, 2.05) is 0 Å². The van der Waals surface area contributed by atoms with E-state index < -0.39 is 0 Å². The van der Waals surface area contributed by atoms with Crippen molar-refractivity contribution in [2.75, 3.05) is 0 Å². The Morgan fingerprint density at radius 3 is 1.26 bits per heavy atom. The van der Waals surface area contributed by atoms with Gasteiger partial charge >= 0.3 is 0 Å². The fourth-order valence-electron chi connectivity index (χ4n) is 3.65.